The van der Waals surface area contributed by atoms with E-state index < -0.39 is 40.4 Å². The highest BCUT2D eigenvalue weighted by Gasteiger charge is 2.41. The molecule has 0 saturated carbocycles. The maximum atomic E-state index is 13.9. The molecule has 0 aliphatic carbocycles. The lowest BCUT2D eigenvalue weighted by Crippen LogP contribution is -2.51. The number of nitrogens with zero attached hydrogens (tertiary/aromatic N) is 4. The summed E-state index contributed by atoms with van der Waals surface area (Å²) in [4.78, 5) is 43.8. The summed E-state index contributed by atoms with van der Waals surface area (Å²) < 4.78 is 34.0. The van der Waals surface area contributed by atoms with Crippen LogP contribution in [-0.2, 0) is 48.7 Å². The molecule has 3 atom stereocenters. The Morgan fingerprint density at radius 3 is 2.50 bits per heavy atom. The van der Waals surface area contributed by atoms with Gasteiger partial charge >= 0.3 is 5.97 Å². The number of aromatic nitrogens is 1. The summed E-state index contributed by atoms with van der Waals surface area (Å²) >= 11 is 0. The number of benzene rings is 2. The SMILES string of the molecule is CCn1c(CCC2CCCN2C(=O)C2CCCN2C(=O)CC(NS(C)(=O)=O)C(=O)OCc2ccccc2)cc2ccc(C#N)cc21. The number of likely N-dealkylation sites (tertiary alicyclic amines) is 2. The maximum Gasteiger partial charge on any atom is 0.325 e. The summed E-state index contributed by atoms with van der Waals surface area (Å²) in [5, 5.41) is 10.4. The first-order valence-electron chi connectivity index (χ1n) is 15.9. The predicted molar refractivity (Wildman–Crippen MR) is 173 cm³/mol. The lowest BCUT2D eigenvalue weighted by atomic mass is 10.1. The molecule has 2 aromatic carbocycles. The van der Waals surface area contributed by atoms with E-state index in [0.717, 1.165) is 60.6 Å². The number of hydrogen-bond donors (Lipinski definition) is 1. The number of carbonyl (C=O) groups is 3. The molecule has 2 aliphatic heterocycles. The van der Waals surface area contributed by atoms with Crippen molar-refractivity contribution >= 4 is 38.7 Å². The van der Waals surface area contributed by atoms with Crippen LogP contribution < -0.4 is 4.72 Å². The fourth-order valence-corrected chi connectivity index (χ4v) is 7.46. The van der Waals surface area contributed by atoms with Gasteiger partial charge in [-0.05, 0) is 74.6 Å². The van der Waals surface area contributed by atoms with Crippen LogP contribution in [-0.4, -0.2) is 78.0 Å². The average molecular weight is 648 g/mol. The van der Waals surface area contributed by atoms with Gasteiger partial charge in [0.1, 0.15) is 18.7 Å². The second kappa shape index (κ2) is 14.5. The number of nitrogens with one attached hydrogen (secondary N) is 1. The van der Waals surface area contributed by atoms with Crippen molar-refractivity contribution in [2.75, 3.05) is 19.3 Å². The fraction of sp³-hybridized carbons (Fsp3) is 0.471. The Bertz CT molecular complexity index is 1730. The van der Waals surface area contributed by atoms with E-state index in [1.54, 1.807) is 24.3 Å². The molecule has 0 spiro atoms. The van der Waals surface area contributed by atoms with E-state index >= 15 is 0 Å². The highest BCUT2D eigenvalue weighted by molar-refractivity contribution is 7.88. The first-order valence-corrected chi connectivity index (χ1v) is 17.8. The summed E-state index contributed by atoms with van der Waals surface area (Å²) in [5.74, 6) is -1.41. The molecule has 2 saturated heterocycles. The summed E-state index contributed by atoms with van der Waals surface area (Å²) in [6.07, 6.45) is 4.96. The fourth-order valence-electron chi connectivity index (χ4n) is 6.77. The molecule has 11 nitrogen and oxygen atoms in total. The van der Waals surface area contributed by atoms with Gasteiger partial charge < -0.3 is 19.1 Å². The highest BCUT2D eigenvalue weighted by Crippen LogP contribution is 2.29. The number of aryl methyl sites for hydroxylation is 2. The monoisotopic (exact) mass is 647 g/mol. The van der Waals surface area contributed by atoms with Crippen molar-refractivity contribution in [3.63, 3.8) is 0 Å². The van der Waals surface area contributed by atoms with Gasteiger partial charge in [0.15, 0.2) is 0 Å². The lowest BCUT2D eigenvalue weighted by molar-refractivity contribution is -0.150. The summed E-state index contributed by atoms with van der Waals surface area (Å²) in [7, 11) is -3.83. The van der Waals surface area contributed by atoms with Crippen LogP contribution in [0.4, 0.5) is 0 Å². The van der Waals surface area contributed by atoms with Gasteiger partial charge in [-0.2, -0.15) is 5.26 Å². The van der Waals surface area contributed by atoms with E-state index in [-0.39, 0.29) is 18.6 Å². The molecule has 0 radical (unpaired) electrons. The topological polar surface area (TPSA) is 142 Å². The van der Waals surface area contributed by atoms with Gasteiger partial charge in [0.05, 0.1) is 24.3 Å². The largest absolute Gasteiger partial charge is 0.460 e. The minimum Gasteiger partial charge on any atom is -0.460 e. The zero-order valence-corrected chi connectivity index (χ0v) is 27.2. The van der Waals surface area contributed by atoms with Crippen molar-refractivity contribution in [3.8, 4) is 6.07 Å². The van der Waals surface area contributed by atoms with Crippen LogP contribution in [0.3, 0.4) is 0 Å². The van der Waals surface area contributed by atoms with Crippen molar-refractivity contribution in [1.29, 1.82) is 5.26 Å². The summed E-state index contributed by atoms with van der Waals surface area (Å²) in [5.41, 5.74) is 3.55. The number of carbonyl (C=O) groups excluding carboxylic acids is 3. The van der Waals surface area contributed by atoms with Gasteiger partial charge in [-0.1, -0.05) is 36.4 Å². The minimum atomic E-state index is -3.83. The van der Waals surface area contributed by atoms with Crippen LogP contribution in [0.1, 0.15) is 62.3 Å². The van der Waals surface area contributed by atoms with E-state index in [9.17, 15) is 28.1 Å². The van der Waals surface area contributed by atoms with Crippen LogP contribution in [0.15, 0.2) is 54.6 Å². The van der Waals surface area contributed by atoms with Crippen LogP contribution in [0, 0.1) is 11.3 Å². The number of fused-ring (bicyclic) bond motifs is 1. The van der Waals surface area contributed by atoms with Crippen molar-refractivity contribution < 1.29 is 27.5 Å². The van der Waals surface area contributed by atoms with Crippen LogP contribution in [0.25, 0.3) is 10.9 Å². The Morgan fingerprint density at radius 1 is 1.04 bits per heavy atom. The second-order valence-corrected chi connectivity index (χ2v) is 13.9. The molecule has 244 valence electrons. The zero-order chi connectivity index (χ0) is 32.8. The first-order chi connectivity index (χ1) is 22.1. The summed E-state index contributed by atoms with van der Waals surface area (Å²) in [6, 6.07) is 17.0. The molecular formula is C34H41N5O6S. The van der Waals surface area contributed by atoms with Gasteiger partial charge in [-0.15, -0.1) is 0 Å². The number of sulfonamides is 1. The predicted octanol–water partition coefficient (Wildman–Crippen LogP) is 3.50. The molecule has 2 aliphatic rings. The van der Waals surface area contributed by atoms with E-state index in [2.05, 4.69) is 28.3 Å². The Morgan fingerprint density at radius 2 is 1.78 bits per heavy atom. The number of amides is 2. The van der Waals surface area contributed by atoms with Crippen molar-refractivity contribution in [2.24, 2.45) is 0 Å². The molecule has 46 heavy (non-hydrogen) atoms. The van der Waals surface area contributed by atoms with Gasteiger partial charge in [0.2, 0.25) is 21.8 Å². The number of rotatable bonds is 12. The number of esters is 1. The molecule has 5 rings (SSSR count). The molecule has 3 aromatic rings. The number of nitriles is 1. The third-order valence-electron chi connectivity index (χ3n) is 8.93. The maximum absolute atomic E-state index is 13.9. The number of ether oxygens (including phenoxy) is 1. The minimum absolute atomic E-state index is 0.0376. The highest BCUT2D eigenvalue weighted by atomic mass is 32.2. The Hall–Kier alpha value is -4.21. The lowest BCUT2D eigenvalue weighted by Gasteiger charge is -2.32. The third-order valence-corrected chi connectivity index (χ3v) is 9.64. The van der Waals surface area contributed by atoms with Crippen molar-refractivity contribution in [2.45, 2.75) is 83.1 Å². The molecule has 0 bridgehead atoms. The molecule has 2 fully saturated rings. The Labute approximate surface area is 270 Å². The average Bonchev–Trinajstić information content (AvgIpc) is 3.80. The van der Waals surface area contributed by atoms with Crippen LogP contribution in [0.5, 0.6) is 0 Å². The Kier molecular flexibility index (Phi) is 10.4. The summed E-state index contributed by atoms with van der Waals surface area (Å²) in [6.45, 7) is 3.78. The van der Waals surface area contributed by atoms with Crippen molar-refractivity contribution in [3.05, 3.63) is 71.4 Å². The van der Waals surface area contributed by atoms with E-state index in [1.165, 1.54) is 4.90 Å². The van der Waals surface area contributed by atoms with Crippen molar-refractivity contribution in [1.82, 2.24) is 19.1 Å². The quantitative estimate of drug-likeness (QED) is 0.297. The third kappa shape index (κ3) is 7.77. The van der Waals surface area contributed by atoms with Crippen LogP contribution in [0.2, 0.25) is 0 Å². The Balaban J connectivity index is 1.24. The number of hydrogen-bond acceptors (Lipinski definition) is 7. The van der Waals surface area contributed by atoms with Gasteiger partial charge in [-0.3, -0.25) is 14.4 Å². The first kappa shape index (κ1) is 33.2. The van der Waals surface area contributed by atoms with E-state index in [4.69, 9.17) is 4.74 Å². The zero-order valence-electron chi connectivity index (χ0n) is 26.4. The second-order valence-electron chi connectivity index (χ2n) is 12.1. The normalized spacial score (nSPS) is 18.9. The standard InChI is InChI=1S/C34H41N5O6S/c1-3-37-28(20-26-14-13-25(22-35)19-31(26)37)16-15-27-11-7-17-38(27)33(41)30-12-8-18-39(30)32(40)21-29(36-46(2,43)44)34(42)45-23-24-9-5-4-6-10-24/h4-6,9-10,13-14,19-20,27,29-30,36H,3,7-8,11-12,15-18,21,23H2,1-2H3. The molecule has 1 N–H and O–H groups in total. The smallest absolute Gasteiger partial charge is 0.325 e. The van der Waals surface area contributed by atoms with E-state index in [0.29, 0.717) is 31.5 Å². The van der Waals surface area contributed by atoms with Crippen LogP contribution >= 0.6 is 0 Å². The molecule has 3 heterocycles. The van der Waals surface area contributed by atoms with Gasteiger partial charge in [0.25, 0.3) is 0 Å². The molecule has 3 unspecified atom stereocenters. The van der Waals surface area contributed by atoms with Gasteiger partial charge in [-0.25, -0.2) is 13.1 Å². The molecule has 2 amide bonds. The molecular weight excluding hydrogens is 606 g/mol. The van der Waals surface area contributed by atoms with Gasteiger partial charge in [0, 0.05) is 36.9 Å². The molecule has 1 aromatic heterocycles. The van der Waals surface area contributed by atoms with E-state index in [1.807, 2.05) is 29.2 Å². The molecule has 12 heteroatoms.